The molecule has 25 heavy (non-hydrogen) atoms. The van der Waals surface area contributed by atoms with Crippen molar-refractivity contribution in [1.29, 1.82) is 0 Å². The molecule has 1 aromatic carbocycles. The Kier molecular flexibility index (Phi) is 5.19. The zero-order valence-corrected chi connectivity index (χ0v) is 16.2. The molecule has 2 bridgehead atoms. The third-order valence-corrected chi connectivity index (χ3v) is 5.68. The van der Waals surface area contributed by atoms with Crippen LogP contribution in [0.15, 0.2) is 24.3 Å². The van der Waals surface area contributed by atoms with Crippen molar-refractivity contribution in [3.63, 3.8) is 0 Å². The molecular weight excluding hydrogens is 336 g/mol. The van der Waals surface area contributed by atoms with Crippen LogP contribution in [0.1, 0.15) is 46.5 Å². The van der Waals surface area contributed by atoms with Crippen LogP contribution >= 0.6 is 11.6 Å². The van der Waals surface area contributed by atoms with Gasteiger partial charge in [0, 0.05) is 19.1 Å². The Balaban J connectivity index is 1.42. The minimum atomic E-state index is 0.0733. The Bertz CT molecular complexity index is 634. The van der Waals surface area contributed by atoms with Gasteiger partial charge in [-0.15, -0.1) is 0 Å². The molecule has 0 aromatic heterocycles. The number of nitrogens with one attached hydrogen (secondary N) is 1. The van der Waals surface area contributed by atoms with Gasteiger partial charge in [-0.3, -0.25) is 0 Å². The average Bonchev–Trinajstić information content (AvgIpc) is 2.77. The number of para-hydroxylation sites is 1. The van der Waals surface area contributed by atoms with E-state index in [1.54, 1.807) is 0 Å². The molecule has 2 fully saturated rings. The summed E-state index contributed by atoms with van der Waals surface area (Å²) in [5, 5.41) is 3.67. The smallest absolute Gasteiger partial charge is 0.317 e. The third-order valence-electron chi connectivity index (χ3n) is 5.37. The molecule has 1 N–H and O–H groups in total. The van der Waals surface area contributed by atoms with E-state index < -0.39 is 0 Å². The lowest BCUT2D eigenvalue weighted by Gasteiger charge is -2.39. The maximum absolute atomic E-state index is 12.6. The number of ether oxygens (including phenoxy) is 1. The van der Waals surface area contributed by atoms with Crippen LogP contribution in [0.3, 0.4) is 0 Å². The van der Waals surface area contributed by atoms with Gasteiger partial charge in [0.15, 0.2) is 0 Å². The van der Waals surface area contributed by atoms with Crippen LogP contribution in [-0.2, 0) is 0 Å². The van der Waals surface area contributed by atoms with Crippen LogP contribution < -0.4 is 10.1 Å². The summed E-state index contributed by atoms with van der Waals surface area (Å²) in [5.74, 6) is 0.694. The highest BCUT2D eigenvalue weighted by Gasteiger charge is 2.50. The van der Waals surface area contributed by atoms with Crippen molar-refractivity contribution >= 4 is 17.6 Å². The minimum absolute atomic E-state index is 0.0733. The summed E-state index contributed by atoms with van der Waals surface area (Å²) < 4.78 is 5.66. The summed E-state index contributed by atoms with van der Waals surface area (Å²) in [5.41, 5.74) is 0.604. The fraction of sp³-hybridized carbons (Fsp3) is 0.650. The molecule has 138 valence electrons. The zero-order valence-electron chi connectivity index (χ0n) is 15.5. The van der Waals surface area contributed by atoms with E-state index in [9.17, 15) is 4.79 Å². The molecule has 1 heterocycles. The summed E-state index contributed by atoms with van der Waals surface area (Å²) in [4.78, 5) is 14.6. The first-order chi connectivity index (χ1) is 11.8. The maximum Gasteiger partial charge on any atom is 0.317 e. The predicted molar refractivity (Wildman–Crippen MR) is 101 cm³/mol. The summed E-state index contributed by atoms with van der Waals surface area (Å²) in [6, 6.07) is 7.90. The number of halogens is 1. The SMILES string of the molecule is CC1(C)CC2CC(C)(CN2C(=O)NCCCOc2ccccc2Cl)C1. The molecule has 2 amide bonds. The molecule has 2 aliphatic rings. The molecule has 2 unspecified atom stereocenters. The normalized spacial score (nSPS) is 27.2. The second-order valence-corrected chi connectivity index (χ2v) is 9.11. The van der Waals surface area contributed by atoms with Crippen LogP contribution in [-0.4, -0.2) is 36.7 Å². The summed E-state index contributed by atoms with van der Waals surface area (Å²) >= 11 is 6.06. The van der Waals surface area contributed by atoms with Crippen molar-refractivity contribution in [3.8, 4) is 5.75 Å². The van der Waals surface area contributed by atoms with Crippen molar-refractivity contribution in [2.45, 2.75) is 52.5 Å². The Morgan fingerprint density at radius 2 is 2.08 bits per heavy atom. The van der Waals surface area contributed by atoms with Gasteiger partial charge in [-0.05, 0) is 48.6 Å². The van der Waals surface area contributed by atoms with Crippen molar-refractivity contribution in [1.82, 2.24) is 10.2 Å². The lowest BCUT2D eigenvalue weighted by molar-refractivity contribution is 0.129. The summed E-state index contributed by atoms with van der Waals surface area (Å²) in [6.07, 6.45) is 4.20. The molecular formula is C20H29ClN2O2. The molecule has 3 rings (SSSR count). The first-order valence-electron chi connectivity index (χ1n) is 9.20. The highest BCUT2D eigenvalue weighted by Crippen LogP contribution is 2.52. The number of hydrogen-bond acceptors (Lipinski definition) is 2. The number of nitrogens with zero attached hydrogens (tertiary/aromatic N) is 1. The quantitative estimate of drug-likeness (QED) is 0.768. The van der Waals surface area contributed by atoms with E-state index >= 15 is 0 Å². The molecule has 1 saturated heterocycles. The van der Waals surface area contributed by atoms with Crippen molar-refractivity contribution in [2.75, 3.05) is 19.7 Å². The Morgan fingerprint density at radius 1 is 1.32 bits per heavy atom. The van der Waals surface area contributed by atoms with Crippen LogP contribution in [0.5, 0.6) is 5.75 Å². The number of carbonyl (C=O) groups excluding carboxylic acids is 1. The number of urea groups is 1. The van der Waals surface area contributed by atoms with E-state index in [2.05, 4.69) is 31.0 Å². The topological polar surface area (TPSA) is 41.6 Å². The Morgan fingerprint density at radius 3 is 2.84 bits per heavy atom. The number of amides is 2. The lowest BCUT2D eigenvalue weighted by atomic mass is 9.65. The Labute approximate surface area is 155 Å². The largest absolute Gasteiger partial charge is 0.492 e. The van der Waals surface area contributed by atoms with Gasteiger partial charge >= 0.3 is 6.03 Å². The maximum atomic E-state index is 12.6. The fourth-order valence-corrected chi connectivity index (χ4v) is 5.00. The van der Waals surface area contributed by atoms with Gasteiger partial charge in [0.2, 0.25) is 0 Å². The van der Waals surface area contributed by atoms with E-state index in [1.807, 2.05) is 24.3 Å². The first kappa shape index (κ1) is 18.4. The first-order valence-corrected chi connectivity index (χ1v) is 9.58. The molecule has 1 aromatic rings. The van der Waals surface area contributed by atoms with Crippen molar-refractivity contribution < 1.29 is 9.53 Å². The van der Waals surface area contributed by atoms with Gasteiger partial charge in [0.1, 0.15) is 5.75 Å². The molecule has 5 heteroatoms. The van der Waals surface area contributed by atoms with Crippen molar-refractivity contribution in [2.24, 2.45) is 10.8 Å². The molecule has 1 aliphatic carbocycles. The highest BCUT2D eigenvalue weighted by atomic mass is 35.5. The number of likely N-dealkylation sites (tertiary alicyclic amines) is 1. The van der Waals surface area contributed by atoms with Crippen LogP contribution in [0.25, 0.3) is 0 Å². The van der Waals surface area contributed by atoms with Gasteiger partial charge in [0.05, 0.1) is 11.6 Å². The highest BCUT2D eigenvalue weighted by molar-refractivity contribution is 6.32. The molecule has 2 atom stereocenters. The van der Waals surface area contributed by atoms with E-state index in [1.165, 1.54) is 6.42 Å². The number of rotatable bonds is 5. The molecule has 4 nitrogen and oxygen atoms in total. The number of benzene rings is 1. The van der Waals surface area contributed by atoms with Gasteiger partial charge in [-0.2, -0.15) is 0 Å². The summed E-state index contributed by atoms with van der Waals surface area (Å²) in [7, 11) is 0. The molecule has 1 aliphatic heterocycles. The van der Waals surface area contributed by atoms with Gasteiger partial charge in [-0.1, -0.05) is 44.5 Å². The molecule has 0 radical (unpaired) electrons. The summed E-state index contributed by atoms with van der Waals surface area (Å²) in [6.45, 7) is 9.01. The third kappa shape index (κ3) is 4.41. The van der Waals surface area contributed by atoms with Crippen LogP contribution in [0.4, 0.5) is 4.79 Å². The minimum Gasteiger partial charge on any atom is -0.492 e. The van der Waals surface area contributed by atoms with Gasteiger partial charge < -0.3 is 15.0 Å². The average molecular weight is 365 g/mol. The molecule has 1 saturated carbocycles. The second kappa shape index (κ2) is 7.06. The van der Waals surface area contributed by atoms with E-state index in [0.29, 0.717) is 35.4 Å². The number of fused-ring (bicyclic) bond motifs is 2. The molecule has 0 spiro atoms. The predicted octanol–water partition coefficient (Wildman–Crippen LogP) is 4.72. The van der Waals surface area contributed by atoms with E-state index in [-0.39, 0.29) is 11.4 Å². The van der Waals surface area contributed by atoms with E-state index in [0.717, 1.165) is 25.8 Å². The Hall–Kier alpha value is -1.42. The van der Waals surface area contributed by atoms with Crippen LogP contribution in [0, 0.1) is 10.8 Å². The van der Waals surface area contributed by atoms with Gasteiger partial charge in [0.25, 0.3) is 0 Å². The lowest BCUT2D eigenvalue weighted by Crippen LogP contribution is -2.44. The standard InChI is InChI=1S/C20H29ClN2O2/c1-19(2)11-15-12-20(3,13-19)14-23(15)18(24)22-9-6-10-25-17-8-5-4-7-16(17)21/h4-5,7-8,15H,6,9-14H2,1-3H3,(H,22,24). The number of carbonyl (C=O) groups is 1. The van der Waals surface area contributed by atoms with Crippen LogP contribution in [0.2, 0.25) is 5.02 Å². The fourth-order valence-electron chi connectivity index (χ4n) is 4.81. The zero-order chi connectivity index (χ0) is 18.1. The monoisotopic (exact) mass is 364 g/mol. The van der Waals surface area contributed by atoms with Gasteiger partial charge in [-0.25, -0.2) is 4.79 Å². The van der Waals surface area contributed by atoms with E-state index in [4.69, 9.17) is 16.3 Å². The number of hydrogen-bond donors (Lipinski definition) is 1. The van der Waals surface area contributed by atoms with Crippen molar-refractivity contribution in [3.05, 3.63) is 29.3 Å². The second-order valence-electron chi connectivity index (χ2n) is 8.71.